The van der Waals surface area contributed by atoms with E-state index < -0.39 is 0 Å². The largest absolute Gasteiger partial charge is 0.271 e. The number of nitrogens with one attached hydrogen (secondary N) is 1. The van der Waals surface area contributed by atoms with Crippen LogP contribution in [0.2, 0.25) is 0 Å². The maximum Gasteiger partial charge on any atom is 0.0593 e. The Bertz CT molecular complexity index is 568. The van der Waals surface area contributed by atoms with Crippen LogP contribution in [-0.2, 0) is 19.3 Å². The van der Waals surface area contributed by atoms with Gasteiger partial charge in [-0.3, -0.25) is 11.3 Å². The molecule has 1 aromatic heterocycles. The molecule has 3 rings (SSSR count). The third-order valence-electron chi connectivity index (χ3n) is 4.16. The molecule has 0 fully saturated rings. The van der Waals surface area contributed by atoms with Gasteiger partial charge in [-0.1, -0.05) is 34.5 Å². The van der Waals surface area contributed by atoms with E-state index in [1.54, 1.807) is 10.4 Å². The highest BCUT2D eigenvalue weighted by Gasteiger charge is 2.18. The van der Waals surface area contributed by atoms with Gasteiger partial charge in [0, 0.05) is 14.2 Å². The first-order valence-electron chi connectivity index (χ1n) is 7.58. The zero-order valence-electron chi connectivity index (χ0n) is 12.1. The van der Waals surface area contributed by atoms with Gasteiger partial charge in [0.05, 0.1) is 6.04 Å². The first kappa shape index (κ1) is 15.2. The van der Waals surface area contributed by atoms with E-state index in [2.05, 4.69) is 51.7 Å². The molecule has 1 aromatic carbocycles. The topological polar surface area (TPSA) is 38.0 Å². The van der Waals surface area contributed by atoms with E-state index in [0.717, 1.165) is 10.9 Å². The van der Waals surface area contributed by atoms with Gasteiger partial charge in [-0.05, 0) is 61.4 Å². The Morgan fingerprint density at radius 3 is 2.67 bits per heavy atom. The first-order valence-corrected chi connectivity index (χ1v) is 9.19. The second-order valence-electron chi connectivity index (χ2n) is 5.71. The van der Waals surface area contributed by atoms with E-state index in [-0.39, 0.29) is 6.04 Å². The highest BCUT2D eigenvalue weighted by Crippen LogP contribution is 2.33. The Morgan fingerprint density at radius 1 is 1.14 bits per heavy atom. The average Bonchev–Trinajstić information content (AvgIpc) is 2.77. The normalized spacial score (nSPS) is 16.3. The summed E-state index contributed by atoms with van der Waals surface area (Å²) in [6, 6.07) is 11.1. The molecule has 1 unspecified atom stereocenters. The number of nitrogens with two attached hydrogens (primary N) is 1. The van der Waals surface area contributed by atoms with Gasteiger partial charge in [-0.15, -0.1) is 11.3 Å². The number of rotatable bonds is 4. The van der Waals surface area contributed by atoms with Crippen LogP contribution in [0.15, 0.2) is 34.8 Å². The van der Waals surface area contributed by atoms with Crippen molar-refractivity contribution in [3.8, 4) is 0 Å². The number of aryl methyl sites for hydroxylation is 2. The van der Waals surface area contributed by atoms with Gasteiger partial charge in [0.15, 0.2) is 0 Å². The molecular weight excluding hydrogens is 344 g/mol. The fourth-order valence-electron chi connectivity index (χ4n) is 2.96. The van der Waals surface area contributed by atoms with Gasteiger partial charge in [0.1, 0.15) is 0 Å². The van der Waals surface area contributed by atoms with E-state index in [0.29, 0.717) is 0 Å². The van der Waals surface area contributed by atoms with Crippen LogP contribution in [0.25, 0.3) is 0 Å². The Kier molecular flexibility index (Phi) is 5.11. The molecule has 0 aliphatic heterocycles. The molecule has 1 aliphatic rings. The molecule has 1 heterocycles. The summed E-state index contributed by atoms with van der Waals surface area (Å²) in [5.74, 6) is 5.82. The zero-order chi connectivity index (χ0) is 14.7. The number of halogens is 1. The van der Waals surface area contributed by atoms with Crippen LogP contribution in [0.1, 0.15) is 46.2 Å². The number of benzene rings is 1. The Labute approximate surface area is 138 Å². The lowest BCUT2D eigenvalue weighted by atomic mass is 10.0. The summed E-state index contributed by atoms with van der Waals surface area (Å²) in [5, 5.41) is 0. The van der Waals surface area contributed by atoms with E-state index >= 15 is 0 Å². The molecule has 4 heteroatoms. The van der Waals surface area contributed by atoms with E-state index in [9.17, 15) is 0 Å². The van der Waals surface area contributed by atoms with Gasteiger partial charge in [-0.2, -0.15) is 0 Å². The summed E-state index contributed by atoms with van der Waals surface area (Å²) >= 11 is 5.43. The number of fused-ring (bicyclic) bond motifs is 1. The molecule has 112 valence electrons. The Balaban J connectivity index is 1.78. The summed E-state index contributed by atoms with van der Waals surface area (Å²) in [7, 11) is 0. The molecule has 0 amide bonds. The summed E-state index contributed by atoms with van der Waals surface area (Å²) in [4.78, 5) is 2.96. The number of thiophene rings is 1. The van der Waals surface area contributed by atoms with Crippen molar-refractivity contribution in [3.63, 3.8) is 0 Å². The number of hydrogen-bond donors (Lipinski definition) is 2. The highest BCUT2D eigenvalue weighted by atomic mass is 79.9. The zero-order valence-corrected chi connectivity index (χ0v) is 14.5. The Morgan fingerprint density at radius 2 is 1.90 bits per heavy atom. The smallest absolute Gasteiger partial charge is 0.0593 e. The second-order valence-corrected chi connectivity index (χ2v) is 7.79. The monoisotopic (exact) mass is 364 g/mol. The molecule has 21 heavy (non-hydrogen) atoms. The van der Waals surface area contributed by atoms with Crippen molar-refractivity contribution in [2.24, 2.45) is 5.84 Å². The van der Waals surface area contributed by atoms with Crippen molar-refractivity contribution in [1.29, 1.82) is 0 Å². The van der Waals surface area contributed by atoms with Crippen LogP contribution in [0.5, 0.6) is 0 Å². The minimum Gasteiger partial charge on any atom is -0.271 e. The second kappa shape index (κ2) is 7.05. The maximum absolute atomic E-state index is 5.82. The van der Waals surface area contributed by atoms with Crippen molar-refractivity contribution in [3.05, 3.63) is 55.7 Å². The van der Waals surface area contributed by atoms with E-state index in [1.807, 2.05) is 11.3 Å². The molecule has 2 nitrogen and oxygen atoms in total. The Hall–Kier alpha value is -0.680. The molecule has 0 spiro atoms. The lowest BCUT2D eigenvalue weighted by molar-refractivity contribution is 0.560. The summed E-state index contributed by atoms with van der Waals surface area (Å²) in [5.41, 5.74) is 5.87. The van der Waals surface area contributed by atoms with Crippen LogP contribution < -0.4 is 11.3 Å². The van der Waals surface area contributed by atoms with Crippen molar-refractivity contribution >= 4 is 27.3 Å². The van der Waals surface area contributed by atoms with Crippen molar-refractivity contribution < 1.29 is 0 Å². The van der Waals surface area contributed by atoms with Gasteiger partial charge in [-0.25, -0.2) is 0 Å². The predicted octanol–water partition coefficient (Wildman–Crippen LogP) is 4.53. The molecular formula is C17H21BrN2S. The standard InChI is InChI=1S/C17H21BrN2S/c18-14-8-6-12(7-9-14)10-15(20-19)17-11-13-4-2-1-3-5-16(13)21-17/h6-9,11,15,20H,1-5,10,19H2. The van der Waals surface area contributed by atoms with Crippen LogP contribution in [0.3, 0.4) is 0 Å². The molecule has 1 atom stereocenters. The first-order chi connectivity index (χ1) is 10.3. The third kappa shape index (κ3) is 3.75. The minimum atomic E-state index is 0.211. The molecule has 2 aromatic rings. The van der Waals surface area contributed by atoms with Gasteiger partial charge < -0.3 is 0 Å². The van der Waals surface area contributed by atoms with Crippen LogP contribution in [-0.4, -0.2) is 0 Å². The fraction of sp³-hybridized carbons (Fsp3) is 0.412. The third-order valence-corrected chi connectivity index (χ3v) is 6.04. The molecule has 0 saturated heterocycles. The maximum atomic E-state index is 5.82. The van der Waals surface area contributed by atoms with E-state index in [4.69, 9.17) is 5.84 Å². The quantitative estimate of drug-likeness (QED) is 0.475. The summed E-state index contributed by atoms with van der Waals surface area (Å²) < 4.78 is 1.12. The van der Waals surface area contributed by atoms with Crippen LogP contribution in [0.4, 0.5) is 0 Å². The summed E-state index contributed by atoms with van der Waals surface area (Å²) in [6.45, 7) is 0. The van der Waals surface area contributed by atoms with Crippen molar-refractivity contribution in [2.75, 3.05) is 0 Å². The van der Waals surface area contributed by atoms with Crippen molar-refractivity contribution in [1.82, 2.24) is 5.43 Å². The van der Waals surface area contributed by atoms with Crippen LogP contribution >= 0.6 is 27.3 Å². The lowest BCUT2D eigenvalue weighted by Crippen LogP contribution is -2.28. The molecule has 1 aliphatic carbocycles. The fourth-order valence-corrected chi connectivity index (χ4v) is 4.54. The highest BCUT2D eigenvalue weighted by molar-refractivity contribution is 9.10. The van der Waals surface area contributed by atoms with Crippen LogP contribution in [0, 0.1) is 0 Å². The molecule has 0 radical (unpaired) electrons. The average molecular weight is 365 g/mol. The van der Waals surface area contributed by atoms with E-state index in [1.165, 1.54) is 42.5 Å². The van der Waals surface area contributed by atoms with Gasteiger partial charge in [0.2, 0.25) is 0 Å². The van der Waals surface area contributed by atoms with Crippen molar-refractivity contribution in [2.45, 2.75) is 44.6 Å². The molecule has 0 bridgehead atoms. The minimum absolute atomic E-state index is 0.211. The van der Waals surface area contributed by atoms with Gasteiger partial charge in [0.25, 0.3) is 0 Å². The number of hydrogen-bond acceptors (Lipinski definition) is 3. The number of hydrazine groups is 1. The molecule has 3 N–H and O–H groups in total. The lowest BCUT2D eigenvalue weighted by Gasteiger charge is -2.14. The predicted molar refractivity (Wildman–Crippen MR) is 93.5 cm³/mol. The van der Waals surface area contributed by atoms with Gasteiger partial charge >= 0.3 is 0 Å². The molecule has 0 saturated carbocycles. The summed E-state index contributed by atoms with van der Waals surface area (Å²) in [6.07, 6.45) is 7.45. The SMILES string of the molecule is NNC(Cc1ccc(Br)cc1)c1cc2c(s1)CCCCC2.